The average Bonchev–Trinajstić information content (AvgIpc) is 3.46. The van der Waals surface area contributed by atoms with Gasteiger partial charge >= 0.3 is 0 Å². The molecule has 33 heavy (non-hydrogen) atoms. The molecule has 9 nitrogen and oxygen atoms in total. The summed E-state index contributed by atoms with van der Waals surface area (Å²) in [6, 6.07) is 7.11. The van der Waals surface area contributed by atoms with Crippen molar-refractivity contribution in [1.82, 2.24) is 19.8 Å². The summed E-state index contributed by atoms with van der Waals surface area (Å²) < 4.78 is 26.6. The molecule has 1 fully saturated rings. The number of imidazole rings is 1. The number of rotatable bonds is 9. The molecule has 11 heteroatoms. The number of benzene rings is 1. The Morgan fingerprint density at radius 2 is 1.97 bits per heavy atom. The molecule has 0 bridgehead atoms. The van der Waals surface area contributed by atoms with Gasteiger partial charge < -0.3 is 19.9 Å². The number of halogens is 1. The Bertz CT molecular complexity index is 1160. The topological polar surface area (TPSA) is 122 Å². The lowest BCUT2D eigenvalue weighted by Gasteiger charge is -2.32. The highest BCUT2D eigenvalue weighted by molar-refractivity contribution is 7.93. The van der Waals surface area contributed by atoms with E-state index in [2.05, 4.69) is 10.3 Å². The van der Waals surface area contributed by atoms with E-state index in [9.17, 15) is 18.0 Å². The van der Waals surface area contributed by atoms with Crippen molar-refractivity contribution in [1.29, 1.82) is 0 Å². The van der Waals surface area contributed by atoms with Crippen LogP contribution in [0.3, 0.4) is 0 Å². The van der Waals surface area contributed by atoms with E-state index in [-0.39, 0.29) is 37.0 Å². The SMILES string of the molecule is C[C@H](CCO)S(=O)(=O)C1(CN2CCn3c(cnc3C(=O)NCc3ccc(Cl)cc3)C2=O)CC1. The summed E-state index contributed by atoms with van der Waals surface area (Å²) in [6.45, 7) is 2.48. The van der Waals surface area contributed by atoms with Crippen LogP contribution >= 0.6 is 11.6 Å². The first-order valence-electron chi connectivity index (χ1n) is 10.9. The molecule has 2 amide bonds. The molecule has 1 atom stereocenters. The third-order valence-electron chi connectivity index (χ3n) is 6.48. The van der Waals surface area contributed by atoms with Crippen LogP contribution < -0.4 is 5.32 Å². The molecular formula is C22H27ClN4O5S. The van der Waals surface area contributed by atoms with Crippen LogP contribution in [0.15, 0.2) is 30.5 Å². The molecule has 178 valence electrons. The number of aromatic nitrogens is 2. The molecule has 0 unspecified atom stereocenters. The molecule has 1 aliphatic carbocycles. The number of aliphatic hydroxyl groups excluding tert-OH is 1. The highest BCUT2D eigenvalue weighted by Gasteiger charge is 2.57. The fourth-order valence-electron chi connectivity index (χ4n) is 4.24. The van der Waals surface area contributed by atoms with Gasteiger partial charge in [0.05, 0.1) is 16.2 Å². The summed E-state index contributed by atoms with van der Waals surface area (Å²) in [5.74, 6) is -0.574. The van der Waals surface area contributed by atoms with Crippen LogP contribution in [0.2, 0.25) is 5.02 Å². The van der Waals surface area contributed by atoms with Gasteiger partial charge in [0.15, 0.2) is 15.7 Å². The van der Waals surface area contributed by atoms with E-state index in [1.54, 1.807) is 28.5 Å². The molecule has 2 aromatic rings. The number of amides is 2. The van der Waals surface area contributed by atoms with Crippen LogP contribution in [0.1, 0.15) is 52.9 Å². The van der Waals surface area contributed by atoms with Crippen molar-refractivity contribution in [2.75, 3.05) is 19.7 Å². The zero-order chi connectivity index (χ0) is 23.8. The summed E-state index contributed by atoms with van der Waals surface area (Å²) in [4.78, 5) is 31.4. The van der Waals surface area contributed by atoms with E-state index in [0.717, 1.165) is 5.56 Å². The van der Waals surface area contributed by atoms with Gasteiger partial charge in [-0.15, -0.1) is 0 Å². The minimum Gasteiger partial charge on any atom is -0.396 e. The lowest BCUT2D eigenvalue weighted by Crippen LogP contribution is -2.48. The van der Waals surface area contributed by atoms with Gasteiger partial charge in [0, 0.05) is 37.8 Å². The second kappa shape index (κ2) is 9.08. The van der Waals surface area contributed by atoms with E-state index in [0.29, 0.717) is 37.5 Å². The van der Waals surface area contributed by atoms with Gasteiger partial charge in [-0.05, 0) is 43.9 Å². The van der Waals surface area contributed by atoms with Crippen molar-refractivity contribution in [2.24, 2.45) is 0 Å². The summed E-state index contributed by atoms with van der Waals surface area (Å²) in [5.41, 5.74) is 1.15. The Morgan fingerprint density at radius 1 is 1.27 bits per heavy atom. The number of nitrogens with one attached hydrogen (secondary N) is 1. The van der Waals surface area contributed by atoms with E-state index in [1.165, 1.54) is 6.20 Å². The van der Waals surface area contributed by atoms with Crippen LogP contribution in [0.4, 0.5) is 0 Å². The number of nitrogens with zero attached hydrogens (tertiary/aromatic N) is 3. The van der Waals surface area contributed by atoms with Gasteiger partial charge in [0.25, 0.3) is 11.8 Å². The molecular weight excluding hydrogens is 468 g/mol. The molecule has 2 N–H and O–H groups in total. The minimum atomic E-state index is -3.48. The number of sulfone groups is 1. The van der Waals surface area contributed by atoms with E-state index >= 15 is 0 Å². The van der Waals surface area contributed by atoms with Gasteiger partial charge in [-0.3, -0.25) is 9.59 Å². The highest BCUT2D eigenvalue weighted by Crippen LogP contribution is 2.47. The first kappa shape index (κ1) is 23.7. The monoisotopic (exact) mass is 494 g/mol. The quantitative estimate of drug-likeness (QED) is 0.546. The molecule has 4 rings (SSSR count). The molecule has 1 saturated carbocycles. The molecule has 0 spiro atoms. The number of aliphatic hydroxyl groups is 1. The van der Waals surface area contributed by atoms with Gasteiger partial charge in [-0.1, -0.05) is 23.7 Å². The normalized spacial score (nSPS) is 18.0. The molecule has 0 radical (unpaired) electrons. The number of hydrogen-bond donors (Lipinski definition) is 2. The number of carbonyl (C=O) groups is 2. The number of hydrogen-bond acceptors (Lipinski definition) is 6. The van der Waals surface area contributed by atoms with Gasteiger partial charge in [-0.2, -0.15) is 0 Å². The number of carbonyl (C=O) groups excluding carboxylic acids is 2. The molecule has 2 aliphatic rings. The van der Waals surface area contributed by atoms with E-state index < -0.39 is 25.7 Å². The van der Waals surface area contributed by atoms with Crippen molar-refractivity contribution in [3.8, 4) is 0 Å². The van der Waals surface area contributed by atoms with Crippen LogP contribution in [-0.4, -0.2) is 69.5 Å². The molecule has 1 aromatic heterocycles. The summed E-state index contributed by atoms with van der Waals surface area (Å²) in [7, 11) is -3.48. The average molecular weight is 495 g/mol. The Morgan fingerprint density at radius 3 is 2.61 bits per heavy atom. The predicted molar refractivity (Wildman–Crippen MR) is 123 cm³/mol. The molecule has 1 aromatic carbocycles. The highest BCUT2D eigenvalue weighted by atomic mass is 35.5. The Kier molecular flexibility index (Phi) is 6.52. The van der Waals surface area contributed by atoms with Crippen molar-refractivity contribution in [3.63, 3.8) is 0 Å². The van der Waals surface area contributed by atoms with E-state index in [4.69, 9.17) is 16.7 Å². The fraction of sp³-hybridized carbons (Fsp3) is 0.500. The zero-order valence-corrected chi connectivity index (χ0v) is 19.9. The first-order valence-corrected chi connectivity index (χ1v) is 12.8. The van der Waals surface area contributed by atoms with Crippen LogP contribution in [0, 0.1) is 0 Å². The summed E-state index contributed by atoms with van der Waals surface area (Å²) >= 11 is 5.88. The summed E-state index contributed by atoms with van der Waals surface area (Å²) in [5, 5.41) is 11.9. The maximum atomic E-state index is 13.1. The van der Waals surface area contributed by atoms with Gasteiger partial charge in [-0.25, -0.2) is 13.4 Å². The van der Waals surface area contributed by atoms with Crippen molar-refractivity contribution < 1.29 is 23.1 Å². The van der Waals surface area contributed by atoms with Crippen LogP contribution in [0.25, 0.3) is 0 Å². The smallest absolute Gasteiger partial charge is 0.287 e. The largest absolute Gasteiger partial charge is 0.396 e. The second-order valence-electron chi connectivity index (χ2n) is 8.71. The lowest BCUT2D eigenvalue weighted by atomic mass is 10.2. The molecule has 0 saturated heterocycles. The van der Waals surface area contributed by atoms with Gasteiger partial charge in [0.2, 0.25) is 0 Å². The molecule has 1 aliphatic heterocycles. The Balaban J connectivity index is 1.44. The fourth-order valence-corrected chi connectivity index (χ4v) is 6.64. The number of fused-ring (bicyclic) bond motifs is 1. The lowest BCUT2D eigenvalue weighted by molar-refractivity contribution is 0.0698. The third kappa shape index (κ3) is 4.51. The first-order chi connectivity index (χ1) is 15.7. The molecule has 2 heterocycles. The Hall–Kier alpha value is -2.43. The predicted octanol–water partition coefficient (Wildman–Crippen LogP) is 1.64. The standard InChI is InChI=1S/C22H27ClN4O5S/c1-15(6-11-28)33(31,32)22(7-8-22)14-26-9-10-27-18(21(26)30)13-24-19(27)20(29)25-12-16-2-4-17(23)5-3-16/h2-5,13,15,28H,6-12,14H2,1H3,(H,25,29)/t15-/m1/s1. The van der Waals surface area contributed by atoms with Crippen molar-refractivity contribution in [2.45, 2.75) is 49.3 Å². The van der Waals surface area contributed by atoms with Gasteiger partial charge in [0.1, 0.15) is 5.69 Å². The van der Waals surface area contributed by atoms with Crippen LogP contribution in [-0.2, 0) is 22.9 Å². The summed E-state index contributed by atoms with van der Waals surface area (Å²) in [6.07, 6.45) is 2.56. The zero-order valence-electron chi connectivity index (χ0n) is 18.3. The van der Waals surface area contributed by atoms with Crippen molar-refractivity contribution in [3.05, 3.63) is 52.6 Å². The Labute approximate surface area is 197 Å². The maximum Gasteiger partial charge on any atom is 0.287 e. The van der Waals surface area contributed by atoms with Crippen molar-refractivity contribution >= 4 is 33.3 Å². The third-order valence-corrected chi connectivity index (χ3v) is 9.77. The maximum absolute atomic E-state index is 13.1. The second-order valence-corrected chi connectivity index (χ2v) is 11.9. The van der Waals surface area contributed by atoms with Crippen LogP contribution in [0.5, 0.6) is 0 Å². The minimum absolute atomic E-state index is 0.118. The van der Waals surface area contributed by atoms with E-state index in [1.807, 2.05) is 12.1 Å².